The predicted octanol–water partition coefficient (Wildman–Crippen LogP) is 8.57. The maximum absolute atomic E-state index is 13.7. The SMILES string of the molecule is CC[C@@H]1C[C@H](Nc2ncc(OCCOC)cc2Cc2cc(C(F)(F)F)cc(C(F)(F)F)c2)c2cc(C(F)(F)F)ccc2N1C(=O)O. The van der Waals surface area contributed by atoms with Crippen molar-refractivity contribution in [1.29, 1.82) is 0 Å². The molecule has 0 saturated carbocycles. The molecule has 4 rings (SSSR count). The third-order valence-corrected chi connectivity index (χ3v) is 7.39. The molecule has 3 aromatic rings. The fourth-order valence-electron chi connectivity index (χ4n) is 5.26. The van der Waals surface area contributed by atoms with Crippen LogP contribution in [0.25, 0.3) is 0 Å². The molecule has 1 aliphatic rings. The number of carboxylic acid groups (broad SMARTS) is 1. The summed E-state index contributed by atoms with van der Waals surface area (Å²) in [6.45, 7) is 1.87. The van der Waals surface area contributed by atoms with E-state index >= 15 is 0 Å². The van der Waals surface area contributed by atoms with Gasteiger partial charge in [0.05, 0.1) is 41.2 Å². The minimum absolute atomic E-state index is 0.00147. The van der Waals surface area contributed by atoms with E-state index in [4.69, 9.17) is 9.47 Å². The summed E-state index contributed by atoms with van der Waals surface area (Å²) in [7, 11) is 1.41. The average molecular weight is 666 g/mol. The number of ether oxygens (including phenoxy) is 2. The summed E-state index contributed by atoms with van der Waals surface area (Å²) in [6, 6.07) is 3.43. The average Bonchev–Trinajstić information content (AvgIpc) is 2.96. The molecule has 250 valence electrons. The molecule has 7 nitrogen and oxygen atoms in total. The van der Waals surface area contributed by atoms with Crippen LogP contribution in [0, 0.1) is 0 Å². The molecule has 46 heavy (non-hydrogen) atoms. The van der Waals surface area contributed by atoms with Gasteiger partial charge in [-0.1, -0.05) is 6.92 Å². The second kappa shape index (κ2) is 13.3. The van der Waals surface area contributed by atoms with Gasteiger partial charge in [-0.25, -0.2) is 9.78 Å². The number of amides is 1. The molecule has 16 heteroatoms. The number of hydrogen-bond acceptors (Lipinski definition) is 5. The highest BCUT2D eigenvalue weighted by molar-refractivity contribution is 5.89. The number of methoxy groups -OCH3 is 1. The Labute approximate surface area is 256 Å². The predicted molar refractivity (Wildman–Crippen MR) is 148 cm³/mol. The highest BCUT2D eigenvalue weighted by Gasteiger charge is 2.40. The Balaban J connectivity index is 1.82. The van der Waals surface area contributed by atoms with Crippen molar-refractivity contribution < 1.29 is 58.9 Å². The van der Waals surface area contributed by atoms with Gasteiger partial charge in [-0.05, 0) is 66.4 Å². The first-order valence-corrected chi connectivity index (χ1v) is 13.8. The van der Waals surface area contributed by atoms with Gasteiger partial charge in [-0.2, -0.15) is 39.5 Å². The lowest BCUT2D eigenvalue weighted by Gasteiger charge is -2.40. The molecule has 2 atom stereocenters. The third-order valence-electron chi connectivity index (χ3n) is 7.39. The molecular weight excluding hydrogens is 637 g/mol. The molecule has 0 spiro atoms. The van der Waals surface area contributed by atoms with Gasteiger partial charge in [0.25, 0.3) is 0 Å². The molecular formula is C30H28F9N3O4. The lowest BCUT2D eigenvalue weighted by Crippen LogP contribution is -2.45. The molecule has 2 N–H and O–H groups in total. The molecule has 0 radical (unpaired) electrons. The topological polar surface area (TPSA) is 83.9 Å². The van der Waals surface area contributed by atoms with Crippen molar-refractivity contribution in [2.24, 2.45) is 0 Å². The van der Waals surface area contributed by atoms with Crippen LogP contribution in [0.4, 0.5) is 55.8 Å². The van der Waals surface area contributed by atoms with Gasteiger partial charge >= 0.3 is 24.6 Å². The number of nitrogens with zero attached hydrogens (tertiary/aromatic N) is 2. The monoisotopic (exact) mass is 665 g/mol. The van der Waals surface area contributed by atoms with Crippen LogP contribution in [-0.2, 0) is 29.7 Å². The summed E-state index contributed by atoms with van der Waals surface area (Å²) < 4.78 is 133. The summed E-state index contributed by atoms with van der Waals surface area (Å²) >= 11 is 0. The van der Waals surface area contributed by atoms with Crippen LogP contribution < -0.4 is 15.0 Å². The van der Waals surface area contributed by atoms with Crippen LogP contribution >= 0.6 is 0 Å². The quantitative estimate of drug-likeness (QED) is 0.176. The number of halogens is 9. The Morgan fingerprint density at radius 1 is 0.935 bits per heavy atom. The number of anilines is 2. The summed E-state index contributed by atoms with van der Waals surface area (Å²) in [5.74, 6) is 0.0459. The number of benzene rings is 2. The zero-order valence-electron chi connectivity index (χ0n) is 24.3. The number of nitrogens with one attached hydrogen (secondary N) is 1. The number of pyridine rings is 1. The fraction of sp³-hybridized carbons (Fsp3) is 0.400. The van der Waals surface area contributed by atoms with Crippen LogP contribution in [0.1, 0.15) is 59.2 Å². The molecule has 2 aromatic carbocycles. The van der Waals surface area contributed by atoms with Gasteiger partial charge in [0, 0.05) is 25.1 Å². The first-order chi connectivity index (χ1) is 21.4. The lowest BCUT2D eigenvalue weighted by atomic mass is 9.88. The maximum Gasteiger partial charge on any atom is 0.416 e. The van der Waals surface area contributed by atoms with Gasteiger partial charge in [0.1, 0.15) is 18.2 Å². The lowest BCUT2D eigenvalue weighted by molar-refractivity contribution is -0.143. The minimum Gasteiger partial charge on any atom is -0.490 e. The molecule has 0 saturated heterocycles. The summed E-state index contributed by atoms with van der Waals surface area (Å²) in [4.78, 5) is 17.4. The number of aromatic nitrogens is 1. The molecule has 0 unspecified atom stereocenters. The van der Waals surface area contributed by atoms with Crippen molar-refractivity contribution in [2.75, 3.05) is 30.5 Å². The Hall–Kier alpha value is -4.21. The molecule has 0 fully saturated rings. The largest absolute Gasteiger partial charge is 0.490 e. The van der Waals surface area contributed by atoms with Crippen LogP contribution in [0.2, 0.25) is 0 Å². The number of hydrogen-bond donors (Lipinski definition) is 2. The van der Waals surface area contributed by atoms with Gasteiger partial charge in [0.15, 0.2) is 0 Å². The van der Waals surface area contributed by atoms with Gasteiger partial charge in [-0.3, -0.25) is 4.90 Å². The van der Waals surface area contributed by atoms with Crippen LogP contribution in [0.5, 0.6) is 5.75 Å². The minimum atomic E-state index is -5.09. The van der Waals surface area contributed by atoms with Crippen molar-refractivity contribution in [3.05, 3.63) is 82.0 Å². The number of fused-ring (bicyclic) bond motifs is 1. The van der Waals surface area contributed by atoms with E-state index in [1.807, 2.05) is 0 Å². The van der Waals surface area contributed by atoms with E-state index in [1.165, 1.54) is 19.4 Å². The highest BCUT2D eigenvalue weighted by atomic mass is 19.4. The van der Waals surface area contributed by atoms with Crippen molar-refractivity contribution in [3.8, 4) is 5.75 Å². The Bertz CT molecular complexity index is 1530. The van der Waals surface area contributed by atoms with E-state index in [1.54, 1.807) is 6.92 Å². The van der Waals surface area contributed by atoms with Gasteiger partial charge in [0.2, 0.25) is 0 Å². The molecule has 0 bridgehead atoms. The first-order valence-electron chi connectivity index (χ1n) is 13.8. The Morgan fingerprint density at radius 3 is 2.11 bits per heavy atom. The van der Waals surface area contributed by atoms with Crippen molar-refractivity contribution in [2.45, 2.75) is 56.8 Å². The molecule has 0 aliphatic carbocycles. The highest BCUT2D eigenvalue weighted by Crippen LogP contribution is 2.44. The second-order valence-electron chi connectivity index (χ2n) is 10.5. The van der Waals surface area contributed by atoms with Crippen LogP contribution in [0.15, 0.2) is 48.7 Å². The molecule has 1 aromatic heterocycles. The van der Waals surface area contributed by atoms with E-state index in [-0.39, 0.29) is 66.1 Å². The van der Waals surface area contributed by atoms with Crippen LogP contribution in [-0.4, -0.2) is 42.5 Å². The van der Waals surface area contributed by atoms with E-state index in [2.05, 4.69) is 10.3 Å². The number of rotatable bonds is 9. The van der Waals surface area contributed by atoms with Crippen molar-refractivity contribution >= 4 is 17.6 Å². The number of carbonyl (C=O) groups is 1. The van der Waals surface area contributed by atoms with E-state index in [0.717, 1.165) is 23.1 Å². The smallest absolute Gasteiger partial charge is 0.416 e. The van der Waals surface area contributed by atoms with Crippen LogP contribution in [0.3, 0.4) is 0 Å². The van der Waals surface area contributed by atoms with E-state index in [0.29, 0.717) is 12.1 Å². The number of alkyl halides is 9. The summed E-state index contributed by atoms with van der Waals surface area (Å²) in [6.07, 6.45) is -15.3. The molecule has 1 aliphatic heterocycles. The van der Waals surface area contributed by atoms with E-state index in [9.17, 15) is 49.4 Å². The normalized spacial score (nSPS) is 17.1. The van der Waals surface area contributed by atoms with E-state index < -0.39 is 59.8 Å². The van der Waals surface area contributed by atoms with Gasteiger partial charge < -0.3 is 19.9 Å². The second-order valence-corrected chi connectivity index (χ2v) is 10.5. The summed E-state index contributed by atoms with van der Waals surface area (Å²) in [5, 5.41) is 12.9. The first kappa shape index (κ1) is 34.7. The van der Waals surface area contributed by atoms with Crippen molar-refractivity contribution in [3.63, 3.8) is 0 Å². The molecule has 1 amide bonds. The molecule has 2 heterocycles. The van der Waals surface area contributed by atoms with Gasteiger partial charge in [-0.15, -0.1) is 0 Å². The van der Waals surface area contributed by atoms with Crippen molar-refractivity contribution in [1.82, 2.24) is 4.98 Å². The summed E-state index contributed by atoms with van der Waals surface area (Å²) in [5.41, 5.74) is -4.42. The Morgan fingerprint density at radius 2 is 1.57 bits per heavy atom. The zero-order valence-corrected chi connectivity index (χ0v) is 24.3. The Kier molecular flexibility index (Phi) is 9.99. The third kappa shape index (κ3) is 7.95. The fourth-order valence-corrected chi connectivity index (χ4v) is 5.26. The maximum atomic E-state index is 13.7. The zero-order chi connectivity index (χ0) is 34.0. The standard InChI is InChI=1S/C30H28F9N3O4/c1-3-21-14-24(23-13-18(28(31,32)33)4-5-25(23)42(21)27(43)44)41-26-17(11-22(15-40-26)46-7-6-45-2)8-16-9-19(29(34,35)36)12-20(10-16)30(37,38)39/h4-5,9-13,15,21,24H,3,6-8,14H2,1-2H3,(H,40,41)(H,43,44)/t21-,24+/m1/s1.